The molecule has 1 atom stereocenters. The first-order valence-corrected chi connectivity index (χ1v) is 11.0. The average Bonchev–Trinajstić information content (AvgIpc) is 2.66. The van der Waals surface area contributed by atoms with E-state index >= 15 is 0 Å². The van der Waals surface area contributed by atoms with Gasteiger partial charge in [0.15, 0.2) is 0 Å². The van der Waals surface area contributed by atoms with E-state index in [1.165, 1.54) is 36.0 Å². The molecular formula is C26H40N2O2. The minimum Gasteiger partial charge on any atom is -0.480 e. The van der Waals surface area contributed by atoms with E-state index in [9.17, 15) is 4.79 Å². The summed E-state index contributed by atoms with van der Waals surface area (Å²) in [5, 5.41) is 8.73. The van der Waals surface area contributed by atoms with E-state index < -0.39 is 12.0 Å². The minimum atomic E-state index is -0.936. The molecule has 0 bridgehead atoms. The quantitative estimate of drug-likeness (QED) is 0.242. The summed E-state index contributed by atoms with van der Waals surface area (Å²) in [6.45, 7) is 11.8. The molecule has 0 heterocycles. The summed E-state index contributed by atoms with van der Waals surface area (Å²) < 4.78 is 0. The molecule has 0 radical (unpaired) electrons. The molecule has 4 heteroatoms. The SMILES string of the molecule is CC1=C(/C=C/C(C)=C/C=C/C(C)=C/C=NCCCCC(N)C(=O)O)C(C)(C)CCC1. The number of carboxylic acids is 1. The summed E-state index contributed by atoms with van der Waals surface area (Å²) in [4.78, 5) is 15.0. The van der Waals surface area contributed by atoms with Crippen molar-refractivity contribution < 1.29 is 9.90 Å². The van der Waals surface area contributed by atoms with Crippen LogP contribution >= 0.6 is 0 Å². The zero-order valence-corrected chi connectivity index (χ0v) is 19.4. The maximum absolute atomic E-state index is 10.6. The number of carbonyl (C=O) groups is 1. The molecular weight excluding hydrogens is 372 g/mol. The van der Waals surface area contributed by atoms with Crippen LogP contribution < -0.4 is 5.73 Å². The molecule has 30 heavy (non-hydrogen) atoms. The molecule has 1 rings (SSSR count). The lowest BCUT2D eigenvalue weighted by molar-refractivity contribution is -0.138. The van der Waals surface area contributed by atoms with Gasteiger partial charge in [-0.1, -0.05) is 55.4 Å². The predicted molar refractivity (Wildman–Crippen MR) is 129 cm³/mol. The normalized spacial score (nSPS) is 19.4. The molecule has 0 aliphatic heterocycles. The lowest BCUT2D eigenvalue weighted by Gasteiger charge is -2.32. The summed E-state index contributed by atoms with van der Waals surface area (Å²) in [7, 11) is 0. The van der Waals surface area contributed by atoms with Crippen molar-refractivity contribution in [3.05, 3.63) is 58.7 Å². The fourth-order valence-corrected chi connectivity index (χ4v) is 3.62. The molecule has 0 saturated heterocycles. The maximum Gasteiger partial charge on any atom is 0.320 e. The standard InChI is InChI=1S/C26H40N2O2/c1-20(14-15-23-22(3)12-9-17-26(23,4)5)10-8-11-21(2)16-19-28-18-7-6-13-24(27)25(29)30/h8,10-11,14-16,19,24H,6-7,9,12-13,17-18,27H2,1-5H3,(H,29,30)/b11-8+,15-14+,20-10+,21-16+,28-19?. The number of allylic oxidation sites excluding steroid dienone is 10. The highest BCUT2D eigenvalue weighted by Gasteiger charge is 2.26. The molecule has 0 saturated carbocycles. The summed E-state index contributed by atoms with van der Waals surface area (Å²) >= 11 is 0. The molecule has 3 N–H and O–H groups in total. The Morgan fingerprint density at radius 1 is 1.20 bits per heavy atom. The van der Waals surface area contributed by atoms with Gasteiger partial charge in [0.2, 0.25) is 0 Å². The van der Waals surface area contributed by atoms with Crippen molar-refractivity contribution in [2.75, 3.05) is 6.54 Å². The third kappa shape index (κ3) is 10.0. The second-order valence-corrected chi connectivity index (χ2v) is 8.94. The third-order valence-corrected chi connectivity index (χ3v) is 5.59. The molecule has 0 aromatic rings. The molecule has 0 aromatic carbocycles. The van der Waals surface area contributed by atoms with Crippen molar-refractivity contribution >= 4 is 12.2 Å². The van der Waals surface area contributed by atoms with E-state index in [4.69, 9.17) is 10.8 Å². The largest absolute Gasteiger partial charge is 0.480 e. The van der Waals surface area contributed by atoms with Crippen molar-refractivity contribution in [2.24, 2.45) is 16.1 Å². The summed E-state index contributed by atoms with van der Waals surface area (Å²) in [6.07, 6.45) is 20.5. The number of aliphatic imine (C=N–C) groups is 1. The Balaban J connectivity index is 2.45. The Bertz CT molecular complexity index is 749. The lowest BCUT2D eigenvalue weighted by atomic mass is 9.72. The summed E-state index contributed by atoms with van der Waals surface area (Å²) in [6, 6.07) is -0.762. The average molecular weight is 413 g/mol. The van der Waals surface area contributed by atoms with Gasteiger partial charge in [-0.15, -0.1) is 0 Å². The fraction of sp³-hybridized carbons (Fsp3) is 0.538. The number of nitrogens with two attached hydrogens (primary N) is 1. The Morgan fingerprint density at radius 3 is 2.57 bits per heavy atom. The summed E-state index contributed by atoms with van der Waals surface area (Å²) in [5.74, 6) is -0.936. The highest BCUT2D eigenvalue weighted by Crippen LogP contribution is 2.40. The van der Waals surface area contributed by atoms with Gasteiger partial charge in [-0.05, 0) is 81.9 Å². The zero-order valence-electron chi connectivity index (χ0n) is 19.4. The molecule has 4 nitrogen and oxygen atoms in total. The van der Waals surface area contributed by atoms with Gasteiger partial charge >= 0.3 is 5.97 Å². The van der Waals surface area contributed by atoms with Gasteiger partial charge in [0.1, 0.15) is 6.04 Å². The molecule has 0 aromatic heterocycles. The monoisotopic (exact) mass is 412 g/mol. The van der Waals surface area contributed by atoms with Gasteiger partial charge in [-0.25, -0.2) is 0 Å². The van der Waals surface area contributed by atoms with E-state index in [1.54, 1.807) is 0 Å². The number of rotatable bonds is 11. The smallest absolute Gasteiger partial charge is 0.320 e. The molecule has 1 unspecified atom stereocenters. The highest BCUT2D eigenvalue weighted by molar-refractivity contribution is 5.73. The van der Waals surface area contributed by atoms with E-state index in [-0.39, 0.29) is 5.41 Å². The highest BCUT2D eigenvalue weighted by atomic mass is 16.4. The van der Waals surface area contributed by atoms with Gasteiger partial charge in [-0.3, -0.25) is 9.79 Å². The molecule has 166 valence electrons. The van der Waals surface area contributed by atoms with Gasteiger partial charge in [-0.2, -0.15) is 0 Å². The second kappa shape index (κ2) is 13.2. The topological polar surface area (TPSA) is 75.7 Å². The van der Waals surface area contributed by atoms with Crippen LogP contribution in [0.1, 0.15) is 73.1 Å². The van der Waals surface area contributed by atoms with Gasteiger partial charge in [0.05, 0.1) is 0 Å². The fourth-order valence-electron chi connectivity index (χ4n) is 3.62. The molecule has 1 aliphatic carbocycles. The molecule has 0 spiro atoms. The van der Waals surface area contributed by atoms with Crippen LogP contribution in [-0.4, -0.2) is 29.9 Å². The van der Waals surface area contributed by atoms with Crippen molar-refractivity contribution in [2.45, 2.75) is 79.2 Å². The third-order valence-electron chi connectivity index (χ3n) is 5.59. The molecule has 0 amide bonds. The summed E-state index contributed by atoms with van der Waals surface area (Å²) in [5.41, 5.74) is 11.1. The van der Waals surface area contributed by atoms with Crippen LogP contribution in [0.4, 0.5) is 0 Å². The molecule has 0 fully saturated rings. The van der Waals surface area contributed by atoms with Crippen LogP contribution in [0.2, 0.25) is 0 Å². The number of hydrogen-bond donors (Lipinski definition) is 2. The Hall–Kier alpha value is -2.20. The zero-order chi connectivity index (χ0) is 22.6. The number of hydrogen-bond acceptors (Lipinski definition) is 3. The van der Waals surface area contributed by atoms with Crippen LogP contribution in [0.5, 0.6) is 0 Å². The van der Waals surface area contributed by atoms with Crippen molar-refractivity contribution in [3.63, 3.8) is 0 Å². The van der Waals surface area contributed by atoms with Gasteiger partial charge in [0, 0.05) is 12.8 Å². The maximum atomic E-state index is 10.6. The number of nitrogens with zero attached hydrogens (tertiary/aromatic N) is 1. The van der Waals surface area contributed by atoms with Crippen LogP contribution in [0.3, 0.4) is 0 Å². The number of aliphatic carboxylic acids is 1. The van der Waals surface area contributed by atoms with Gasteiger partial charge < -0.3 is 10.8 Å². The lowest BCUT2D eigenvalue weighted by Crippen LogP contribution is -2.29. The van der Waals surface area contributed by atoms with Crippen molar-refractivity contribution in [1.82, 2.24) is 0 Å². The Morgan fingerprint density at radius 2 is 1.90 bits per heavy atom. The van der Waals surface area contributed by atoms with Crippen LogP contribution in [-0.2, 0) is 4.79 Å². The van der Waals surface area contributed by atoms with Crippen molar-refractivity contribution in [1.29, 1.82) is 0 Å². The Labute approximate surface area is 183 Å². The molecule has 1 aliphatic rings. The first-order chi connectivity index (χ1) is 14.1. The van der Waals surface area contributed by atoms with E-state index in [0.717, 1.165) is 18.4 Å². The Kier molecular flexibility index (Phi) is 11.3. The van der Waals surface area contributed by atoms with E-state index in [2.05, 4.69) is 63.1 Å². The van der Waals surface area contributed by atoms with Crippen LogP contribution in [0.25, 0.3) is 0 Å². The predicted octanol–water partition coefficient (Wildman–Crippen LogP) is 6.17. The number of carboxylic acid groups (broad SMARTS) is 1. The van der Waals surface area contributed by atoms with Crippen LogP contribution in [0.15, 0.2) is 63.7 Å². The first-order valence-electron chi connectivity index (χ1n) is 11.0. The van der Waals surface area contributed by atoms with Gasteiger partial charge in [0.25, 0.3) is 0 Å². The van der Waals surface area contributed by atoms with Crippen molar-refractivity contribution in [3.8, 4) is 0 Å². The van der Waals surface area contributed by atoms with Crippen LogP contribution in [0, 0.1) is 5.41 Å². The second-order valence-electron chi connectivity index (χ2n) is 8.94. The van der Waals surface area contributed by atoms with E-state index in [1.807, 2.05) is 19.2 Å². The first kappa shape index (κ1) is 25.8. The minimum absolute atomic E-state index is 0.274. The van der Waals surface area contributed by atoms with E-state index in [0.29, 0.717) is 13.0 Å². The number of unbranched alkanes of at least 4 members (excludes halogenated alkanes) is 1.